The summed E-state index contributed by atoms with van der Waals surface area (Å²) >= 11 is 0. The minimum atomic E-state index is -0.278. The van der Waals surface area contributed by atoms with E-state index in [4.69, 9.17) is 4.99 Å². The Morgan fingerprint density at radius 1 is 1.27 bits per heavy atom. The van der Waals surface area contributed by atoms with Gasteiger partial charge in [0.15, 0.2) is 5.78 Å². The highest BCUT2D eigenvalue weighted by atomic mass is 16.1. The number of rotatable bonds is 6. The number of carbonyl (C=O) groups excluding carboxylic acids is 1. The third-order valence-corrected chi connectivity index (χ3v) is 8.13. The van der Waals surface area contributed by atoms with E-state index in [1.807, 2.05) is 13.0 Å². The first-order chi connectivity index (χ1) is 17.6. The molecule has 1 fully saturated rings. The van der Waals surface area contributed by atoms with Gasteiger partial charge in [-0.2, -0.15) is 0 Å². The fourth-order valence-corrected chi connectivity index (χ4v) is 5.48. The van der Waals surface area contributed by atoms with Gasteiger partial charge in [-0.15, -0.1) is 0 Å². The third kappa shape index (κ3) is 6.47. The van der Waals surface area contributed by atoms with Crippen molar-refractivity contribution < 1.29 is 4.79 Å². The number of hydrogen-bond donors (Lipinski definition) is 0. The van der Waals surface area contributed by atoms with Crippen LogP contribution in [-0.2, 0) is 4.79 Å². The summed E-state index contributed by atoms with van der Waals surface area (Å²) in [5.74, 6) is 0.553. The molecule has 4 nitrogen and oxygen atoms in total. The molecule has 198 valence electrons. The van der Waals surface area contributed by atoms with Crippen LogP contribution in [0.3, 0.4) is 0 Å². The van der Waals surface area contributed by atoms with Crippen molar-refractivity contribution in [1.82, 2.24) is 4.90 Å². The quantitative estimate of drug-likeness (QED) is 0.215. The molecule has 3 aliphatic rings. The van der Waals surface area contributed by atoms with E-state index >= 15 is 0 Å². The minimum Gasteiger partial charge on any atom is -0.371 e. The van der Waals surface area contributed by atoms with Gasteiger partial charge in [0, 0.05) is 31.9 Å². The highest BCUT2D eigenvalue weighted by molar-refractivity contribution is 6.22. The monoisotopic (exact) mass is 499 g/mol. The van der Waals surface area contributed by atoms with Gasteiger partial charge in [-0.1, -0.05) is 50.6 Å². The van der Waals surface area contributed by atoms with E-state index < -0.39 is 0 Å². The largest absolute Gasteiger partial charge is 0.371 e. The van der Waals surface area contributed by atoms with Gasteiger partial charge in [0.25, 0.3) is 0 Å². The Kier molecular flexibility index (Phi) is 9.64. The molecule has 0 radical (unpaired) electrons. The van der Waals surface area contributed by atoms with Crippen LogP contribution in [0, 0.1) is 17.8 Å². The van der Waals surface area contributed by atoms with Gasteiger partial charge >= 0.3 is 0 Å². The highest BCUT2D eigenvalue weighted by Gasteiger charge is 2.25. The highest BCUT2D eigenvalue weighted by Crippen LogP contribution is 2.35. The molecule has 2 aliphatic heterocycles. The Morgan fingerprint density at radius 2 is 2.00 bits per heavy atom. The van der Waals surface area contributed by atoms with E-state index in [2.05, 4.69) is 82.3 Å². The van der Waals surface area contributed by atoms with Crippen molar-refractivity contribution in [2.45, 2.75) is 67.7 Å². The normalized spacial score (nSPS) is 27.6. The van der Waals surface area contributed by atoms with Gasteiger partial charge in [-0.3, -0.25) is 14.8 Å². The molecule has 0 aromatic carbocycles. The summed E-state index contributed by atoms with van der Waals surface area (Å²) in [6, 6.07) is 0. The standard InChI is InChI=1S/C33H45N3O/c1-10-27(36-16-12-13-21(3)24(6)20-36)14-15-30-26(8)33(37)19-32(35-30)31(34-9)18-29-23(5)17-22(4)25(7)28(29)11-2/h10,14-15,17-19,23-24,26H,3,11-13,16,20H2,1-2,4-9H3/b15-14-,27-10+,29-18+,34-31?/t23?,24-,26?/m0/s1. The predicted molar refractivity (Wildman–Crippen MR) is 159 cm³/mol. The van der Waals surface area contributed by atoms with E-state index in [1.54, 1.807) is 13.1 Å². The van der Waals surface area contributed by atoms with Crippen molar-refractivity contribution >= 4 is 17.2 Å². The van der Waals surface area contributed by atoms with Crippen LogP contribution in [-0.4, -0.2) is 42.2 Å². The summed E-state index contributed by atoms with van der Waals surface area (Å²) in [5, 5.41) is 0. The lowest BCUT2D eigenvalue weighted by Gasteiger charge is -2.26. The molecule has 0 N–H and O–H groups in total. The molecular weight excluding hydrogens is 454 g/mol. The van der Waals surface area contributed by atoms with Crippen LogP contribution in [0.15, 0.2) is 92.3 Å². The molecule has 0 saturated carbocycles. The van der Waals surface area contributed by atoms with Crippen LogP contribution in [0.2, 0.25) is 0 Å². The molecular formula is C33H45N3O. The summed E-state index contributed by atoms with van der Waals surface area (Å²) in [6.07, 6.45) is 15.6. The molecule has 2 heterocycles. The van der Waals surface area contributed by atoms with Gasteiger partial charge in [-0.25, -0.2) is 0 Å². The maximum Gasteiger partial charge on any atom is 0.166 e. The first-order valence-electron chi connectivity index (χ1n) is 13.8. The van der Waals surface area contributed by atoms with E-state index in [-0.39, 0.29) is 11.7 Å². The van der Waals surface area contributed by atoms with Gasteiger partial charge in [0.1, 0.15) is 0 Å². The lowest BCUT2D eigenvalue weighted by molar-refractivity contribution is -0.116. The first-order valence-corrected chi connectivity index (χ1v) is 13.8. The number of hydrogen-bond acceptors (Lipinski definition) is 4. The van der Waals surface area contributed by atoms with E-state index in [9.17, 15) is 4.79 Å². The number of carbonyl (C=O) groups is 1. The Bertz CT molecular complexity index is 1180. The molecule has 0 bridgehead atoms. The fourth-order valence-electron chi connectivity index (χ4n) is 5.48. The van der Waals surface area contributed by atoms with Crippen LogP contribution in [0.5, 0.6) is 0 Å². The summed E-state index contributed by atoms with van der Waals surface area (Å²) in [5.41, 5.74) is 9.98. The number of likely N-dealkylation sites (tertiary alicyclic amines) is 1. The average molecular weight is 500 g/mol. The van der Waals surface area contributed by atoms with Crippen molar-refractivity contribution in [3.05, 3.63) is 82.3 Å². The molecule has 0 aromatic rings. The lowest BCUT2D eigenvalue weighted by Crippen LogP contribution is -2.27. The molecule has 2 unspecified atom stereocenters. The van der Waals surface area contributed by atoms with Crippen LogP contribution < -0.4 is 0 Å². The fraction of sp³-hybridized carbons (Fsp3) is 0.485. The zero-order valence-electron chi connectivity index (χ0n) is 24.2. The smallest absolute Gasteiger partial charge is 0.166 e. The molecule has 1 aliphatic carbocycles. The Morgan fingerprint density at radius 3 is 2.65 bits per heavy atom. The molecule has 37 heavy (non-hydrogen) atoms. The number of aliphatic imine (C=N–C) groups is 2. The second kappa shape index (κ2) is 12.5. The Hall–Kier alpha value is -3.01. The van der Waals surface area contributed by atoms with Crippen molar-refractivity contribution in [2.24, 2.45) is 27.7 Å². The topological polar surface area (TPSA) is 45.0 Å². The van der Waals surface area contributed by atoms with Gasteiger partial charge in [0.2, 0.25) is 0 Å². The second-order valence-corrected chi connectivity index (χ2v) is 10.7. The summed E-state index contributed by atoms with van der Waals surface area (Å²) < 4.78 is 0. The third-order valence-electron chi connectivity index (χ3n) is 8.13. The van der Waals surface area contributed by atoms with E-state index in [0.29, 0.717) is 17.5 Å². The molecule has 0 aromatic heterocycles. The van der Waals surface area contributed by atoms with Crippen LogP contribution in [0.4, 0.5) is 0 Å². The lowest BCUT2D eigenvalue weighted by atomic mass is 9.80. The predicted octanol–water partition coefficient (Wildman–Crippen LogP) is 7.60. The second-order valence-electron chi connectivity index (χ2n) is 10.7. The van der Waals surface area contributed by atoms with Crippen LogP contribution in [0.1, 0.15) is 67.7 Å². The Labute approximate surface area is 224 Å². The average Bonchev–Trinajstić information content (AvgIpc) is 3.03. The SMILES string of the molecule is C=C1CCCN(C(/C=C\C2=NC(C(/C=C3/C(CC)=C(C)C(C)=CC3C)=NC)=CC(=O)C2C)=C/C)C[C@@H]1C. The van der Waals surface area contributed by atoms with Crippen LogP contribution >= 0.6 is 0 Å². The molecule has 0 spiro atoms. The van der Waals surface area contributed by atoms with E-state index in [0.717, 1.165) is 49.5 Å². The molecule has 0 amide bonds. The van der Waals surface area contributed by atoms with Crippen molar-refractivity contribution in [1.29, 1.82) is 0 Å². The Balaban J connectivity index is 1.92. The number of allylic oxidation sites excluding steroid dienone is 10. The molecule has 4 heteroatoms. The van der Waals surface area contributed by atoms with Crippen LogP contribution in [0.25, 0.3) is 0 Å². The number of ketones is 1. The van der Waals surface area contributed by atoms with Gasteiger partial charge in [-0.05, 0) is 93.7 Å². The van der Waals surface area contributed by atoms with E-state index in [1.165, 1.54) is 27.9 Å². The summed E-state index contributed by atoms with van der Waals surface area (Å²) in [7, 11) is 1.78. The zero-order valence-corrected chi connectivity index (χ0v) is 24.2. The molecule has 3 atom stereocenters. The maximum atomic E-state index is 13.0. The first kappa shape index (κ1) is 28.6. The zero-order chi connectivity index (χ0) is 27.3. The maximum absolute atomic E-state index is 13.0. The van der Waals surface area contributed by atoms with Gasteiger partial charge in [0.05, 0.1) is 23.0 Å². The van der Waals surface area contributed by atoms with Crippen molar-refractivity contribution in [3.63, 3.8) is 0 Å². The molecule has 1 saturated heterocycles. The minimum absolute atomic E-state index is 0.0702. The van der Waals surface area contributed by atoms with Gasteiger partial charge < -0.3 is 4.90 Å². The summed E-state index contributed by atoms with van der Waals surface area (Å²) in [6.45, 7) is 21.3. The summed E-state index contributed by atoms with van der Waals surface area (Å²) in [4.78, 5) is 25.0. The van der Waals surface area contributed by atoms with Crippen molar-refractivity contribution in [2.75, 3.05) is 20.1 Å². The van der Waals surface area contributed by atoms with Crippen molar-refractivity contribution in [3.8, 4) is 0 Å². The number of nitrogens with zero attached hydrogens (tertiary/aromatic N) is 3. The molecule has 3 rings (SSSR count).